The Balaban J connectivity index is 1.94. The maximum Gasteiger partial charge on any atom is 0.256 e. The first-order valence-electron chi connectivity index (χ1n) is 5.18. The molecule has 0 saturated carbocycles. The van der Waals surface area contributed by atoms with Crippen molar-refractivity contribution in [2.75, 3.05) is 6.54 Å². The third kappa shape index (κ3) is 3.29. The van der Waals surface area contributed by atoms with Crippen molar-refractivity contribution in [1.82, 2.24) is 10.1 Å². The first kappa shape index (κ1) is 12.1. The lowest BCUT2D eigenvalue weighted by atomic mass is 10.4. The van der Waals surface area contributed by atoms with Crippen molar-refractivity contribution in [3.63, 3.8) is 0 Å². The van der Waals surface area contributed by atoms with Crippen molar-refractivity contribution in [2.24, 2.45) is 5.73 Å². The highest BCUT2D eigenvalue weighted by molar-refractivity contribution is 7.98. The van der Waals surface area contributed by atoms with E-state index < -0.39 is 6.10 Å². The summed E-state index contributed by atoms with van der Waals surface area (Å²) in [6.07, 6.45) is -0.877. The zero-order valence-corrected chi connectivity index (χ0v) is 9.93. The van der Waals surface area contributed by atoms with Crippen LogP contribution in [0.3, 0.4) is 0 Å². The summed E-state index contributed by atoms with van der Waals surface area (Å²) in [4.78, 5) is 5.20. The van der Waals surface area contributed by atoms with E-state index in [4.69, 9.17) is 10.3 Å². The minimum absolute atomic E-state index is 0.0768. The van der Waals surface area contributed by atoms with Crippen LogP contribution in [0.1, 0.15) is 17.8 Å². The van der Waals surface area contributed by atoms with Crippen molar-refractivity contribution in [1.29, 1.82) is 0 Å². The molecule has 0 aliphatic heterocycles. The molecular formula is C11H13N3O2S. The standard InChI is InChI=1S/C11H13N3O2S/c12-6-9(15)11-13-10(14-16-11)7-17-8-4-2-1-3-5-8/h1-5,9,15H,6-7,12H2/t9-/m0/s1. The molecule has 1 aromatic carbocycles. The van der Waals surface area contributed by atoms with Gasteiger partial charge in [0.05, 0.1) is 5.75 Å². The number of thioether (sulfide) groups is 1. The van der Waals surface area contributed by atoms with Gasteiger partial charge in [0, 0.05) is 11.4 Å². The van der Waals surface area contributed by atoms with E-state index in [2.05, 4.69) is 10.1 Å². The number of rotatable bonds is 5. The minimum Gasteiger partial charge on any atom is -0.382 e. The smallest absolute Gasteiger partial charge is 0.256 e. The second-order valence-electron chi connectivity index (χ2n) is 3.40. The molecule has 6 heteroatoms. The predicted molar refractivity (Wildman–Crippen MR) is 64.3 cm³/mol. The van der Waals surface area contributed by atoms with Crippen molar-refractivity contribution >= 4 is 11.8 Å². The lowest BCUT2D eigenvalue weighted by molar-refractivity contribution is 0.141. The van der Waals surface area contributed by atoms with E-state index in [-0.39, 0.29) is 12.4 Å². The van der Waals surface area contributed by atoms with Crippen molar-refractivity contribution < 1.29 is 9.63 Å². The van der Waals surface area contributed by atoms with E-state index in [1.807, 2.05) is 30.3 Å². The maximum absolute atomic E-state index is 9.40. The van der Waals surface area contributed by atoms with Gasteiger partial charge < -0.3 is 15.4 Å². The molecule has 5 nitrogen and oxygen atoms in total. The lowest BCUT2D eigenvalue weighted by Gasteiger charge is -1.98. The van der Waals surface area contributed by atoms with Gasteiger partial charge in [0.25, 0.3) is 5.89 Å². The molecular weight excluding hydrogens is 238 g/mol. The molecule has 0 bridgehead atoms. The minimum atomic E-state index is -0.877. The van der Waals surface area contributed by atoms with Gasteiger partial charge >= 0.3 is 0 Å². The van der Waals surface area contributed by atoms with E-state index in [1.54, 1.807) is 11.8 Å². The molecule has 0 saturated heterocycles. The molecule has 2 aromatic rings. The van der Waals surface area contributed by atoms with E-state index in [9.17, 15) is 5.11 Å². The molecule has 0 aliphatic carbocycles. The maximum atomic E-state index is 9.40. The van der Waals surface area contributed by atoms with Gasteiger partial charge in [0.15, 0.2) is 5.82 Å². The summed E-state index contributed by atoms with van der Waals surface area (Å²) in [6, 6.07) is 9.94. The van der Waals surface area contributed by atoms with Gasteiger partial charge in [-0.1, -0.05) is 23.4 Å². The van der Waals surface area contributed by atoms with Crippen LogP contribution in [-0.2, 0) is 5.75 Å². The number of nitrogens with zero attached hydrogens (tertiary/aromatic N) is 2. The van der Waals surface area contributed by atoms with Crippen molar-refractivity contribution in [3.8, 4) is 0 Å². The van der Waals surface area contributed by atoms with Gasteiger partial charge in [-0.2, -0.15) is 4.98 Å². The molecule has 1 aromatic heterocycles. The SMILES string of the molecule is NC[C@H](O)c1nc(CSc2ccccc2)no1. The Morgan fingerprint density at radius 1 is 1.35 bits per heavy atom. The highest BCUT2D eigenvalue weighted by Crippen LogP contribution is 2.21. The van der Waals surface area contributed by atoms with Crippen LogP contribution < -0.4 is 5.73 Å². The largest absolute Gasteiger partial charge is 0.382 e. The molecule has 1 heterocycles. The van der Waals surface area contributed by atoms with Crippen LogP contribution in [-0.4, -0.2) is 21.8 Å². The lowest BCUT2D eigenvalue weighted by Crippen LogP contribution is -2.11. The molecule has 0 aliphatic rings. The summed E-state index contributed by atoms with van der Waals surface area (Å²) in [7, 11) is 0. The average Bonchev–Trinajstić information content (AvgIpc) is 2.85. The molecule has 0 radical (unpaired) electrons. The molecule has 2 rings (SSSR count). The van der Waals surface area contributed by atoms with Crippen LogP contribution in [0, 0.1) is 0 Å². The van der Waals surface area contributed by atoms with Crippen LogP contribution in [0.5, 0.6) is 0 Å². The molecule has 0 unspecified atom stereocenters. The quantitative estimate of drug-likeness (QED) is 0.780. The number of benzene rings is 1. The van der Waals surface area contributed by atoms with Gasteiger partial charge in [-0.25, -0.2) is 0 Å². The summed E-state index contributed by atoms with van der Waals surface area (Å²) in [5.41, 5.74) is 5.30. The van der Waals surface area contributed by atoms with Crippen LogP contribution in [0.25, 0.3) is 0 Å². The van der Waals surface area contributed by atoms with Crippen LogP contribution in [0.15, 0.2) is 39.8 Å². The van der Waals surface area contributed by atoms with Crippen molar-refractivity contribution in [3.05, 3.63) is 42.0 Å². The second kappa shape index (κ2) is 5.81. The molecule has 1 atom stereocenters. The van der Waals surface area contributed by atoms with Gasteiger partial charge in [-0.05, 0) is 12.1 Å². The summed E-state index contributed by atoms with van der Waals surface area (Å²) < 4.78 is 4.90. The first-order valence-corrected chi connectivity index (χ1v) is 6.16. The topological polar surface area (TPSA) is 85.2 Å². The van der Waals surface area contributed by atoms with Crippen molar-refractivity contribution in [2.45, 2.75) is 16.8 Å². The Hall–Kier alpha value is -1.37. The number of nitrogens with two attached hydrogens (primary N) is 1. The number of hydrogen-bond donors (Lipinski definition) is 2. The normalized spacial score (nSPS) is 12.6. The molecule has 0 spiro atoms. The fourth-order valence-electron chi connectivity index (χ4n) is 1.23. The predicted octanol–water partition coefficient (Wildman–Crippen LogP) is 1.35. The number of aliphatic hydroxyl groups excluding tert-OH is 1. The van der Waals surface area contributed by atoms with Crippen LogP contribution >= 0.6 is 11.8 Å². The molecule has 90 valence electrons. The number of aliphatic hydroxyl groups is 1. The first-order chi connectivity index (χ1) is 8.29. The fourth-order valence-corrected chi connectivity index (χ4v) is 1.99. The van der Waals surface area contributed by atoms with Gasteiger partial charge in [0.2, 0.25) is 0 Å². The molecule has 17 heavy (non-hydrogen) atoms. The highest BCUT2D eigenvalue weighted by Gasteiger charge is 2.14. The summed E-state index contributed by atoms with van der Waals surface area (Å²) in [6.45, 7) is 0.0768. The Morgan fingerprint density at radius 3 is 2.82 bits per heavy atom. The molecule has 0 amide bonds. The Morgan fingerprint density at radius 2 is 2.12 bits per heavy atom. The zero-order valence-electron chi connectivity index (χ0n) is 9.11. The Bertz CT molecular complexity index is 461. The van der Waals surface area contributed by atoms with E-state index >= 15 is 0 Å². The number of hydrogen-bond acceptors (Lipinski definition) is 6. The molecule has 3 N–H and O–H groups in total. The Labute approximate surface area is 103 Å². The van der Waals surface area contributed by atoms with Crippen LogP contribution in [0.2, 0.25) is 0 Å². The van der Waals surface area contributed by atoms with Gasteiger partial charge in [-0.3, -0.25) is 0 Å². The van der Waals surface area contributed by atoms with E-state index in [1.165, 1.54) is 0 Å². The van der Waals surface area contributed by atoms with Crippen LogP contribution in [0.4, 0.5) is 0 Å². The van der Waals surface area contributed by atoms with Gasteiger partial charge in [0.1, 0.15) is 6.10 Å². The third-order valence-electron chi connectivity index (χ3n) is 2.10. The number of aromatic nitrogens is 2. The second-order valence-corrected chi connectivity index (χ2v) is 4.45. The molecule has 0 fully saturated rings. The summed E-state index contributed by atoms with van der Waals surface area (Å²) in [5, 5.41) is 13.2. The van der Waals surface area contributed by atoms with E-state index in [0.29, 0.717) is 11.6 Å². The Kier molecular flexibility index (Phi) is 4.13. The zero-order chi connectivity index (χ0) is 12.1. The summed E-state index contributed by atoms with van der Waals surface area (Å²) in [5.74, 6) is 1.34. The monoisotopic (exact) mass is 251 g/mol. The fraction of sp³-hybridized carbons (Fsp3) is 0.273. The van der Waals surface area contributed by atoms with E-state index in [0.717, 1.165) is 4.90 Å². The third-order valence-corrected chi connectivity index (χ3v) is 3.11. The van der Waals surface area contributed by atoms with Gasteiger partial charge in [-0.15, -0.1) is 11.8 Å². The highest BCUT2D eigenvalue weighted by atomic mass is 32.2. The summed E-state index contributed by atoms with van der Waals surface area (Å²) >= 11 is 1.61. The average molecular weight is 251 g/mol.